The van der Waals surface area contributed by atoms with Crippen LogP contribution in [0.25, 0.3) is 5.57 Å². The quantitative estimate of drug-likeness (QED) is 0.0740. The second kappa shape index (κ2) is 19.3. The van der Waals surface area contributed by atoms with Crippen molar-refractivity contribution < 1.29 is 15.3 Å². The molecule has 1 aromatic rings. The van der Waals surface area contributed by atoms with E-state index in [1.165, 1.54) is 43.3 Å². The van der Waals surface area contributed by atoms with Gasteiger partial charge in [-0.05, 0) is 70.3 Å². The zero-order valence-corrected chi connectivity index (χ0v) is 24.5. The van der Waals surface area contributed by atoms with E-state index < -0.39 is 12.4 Å². The summed E-state index contributed by atoms with van der Waals surface area (Å²) in [6.07, 6.45) is 16.4. The van der Waals surface area contributed by atoms with Gasteiger partial charge >= 0.3 is 0 Å². The summed E-state index contributed by atoms with van der Waals surface area (Å²) >= 11 is 0. The molecule has 0 bridgehead atoms. The summed E-state index contributed by atoms with van der Waals surface area (Å²) in [4.78, 5) is 0. The van der Waals surface area contributed by atoms with E-state index in [0.29, 0.717) is 31.6 Å². The molecule has 0 amide bonds. The van der Waals surface area contributed by atoms with E-state index in [2.05, 4.69) is 38.7 Å². The fourth-order valence-electron chi connectivity index (χ4n) is 4.99. The largest absolute Gasteiger partial charge is 0.392 e. The van der Waals surface area contributed by atoms with Gasteiger partial charge in [-0.2, -0.15) is 0 Å². The monoisotopic (exact) mass is 532 g/mol. The fourth-order valence-corrected chi connectivity index (χ4v) is 4.99. The number of rotatable bonds is 21. The molecule has 0 aliphatic heterocycles. The molecule has 0 saturated heterocycles. The number of unbranched alkanes of at least 4 members (excludes halogenated alkanes) is 1. The van der Waals surface area contributed by atoms with Crippen molar-refractivity contribution in [3.05, 3.63) is 53.4 Å². The van der Waals surface area contributed by atoms with Gasteiger partial charge in [0.25, 0.3) is 0 Å². The summed E-state index contributed by atoms with van der Waals surface area (Å²) in [6.45, 7) is 13.6. The van der Waals surface area contributed by atoms with Crippen molar-refractivity contribution in [1.82, 2.24) is 9.88 Å². The highest BCUT2D eigenvalue weighted by molar-refractivity contribution is 5.71. The maximum Gasteiger partial charge on any atom is 0.180 e. The second-order valence-corrected chi connectivity index (χ2v) is 10.7. The lowest BCUT2D eigenvalue weighted by Gasteiger charge is -2.18. The van der Waals surface area contributed by atoms with Gasteiger partial charge in [0.2, 0.25) is 0 Å². The number of allylic oxidation sites excluding steroid dienone is 4. The standard InChI is InChI=1S/C31H56N4O3/c1-6-9-13-25(7-2)14-11-10-12-23(4)15-16-26(8-3)27(17-18-34-30(33)19-32)28-21-35(20-24(5)36)22-29(28)31(37)38/h6,15,21-22,24-25,30-31,34,36-38H,1,7-14,16-20,32-33H2,2-5H3/b23-15+,27-26-. The van der Waals surface area contributed by atoms with E-state index in [9.17, 15) is 15.3 Å². The smallest absolute Gasteiger partial charge is 0.180 e. The van der Waals surface area contributed by atoms with Gasteiger partial charge in [0.05, 0.1) is 12.3 Å². The van der Waals surface area contributed by atoms with Crippen molar-refractivity contribution >= 4 is 5.57 Å². The summed E-state index contributed by atoms with van der Waals surface area (Å²) in [5.74, 6) is 0.799. The first kappa shape index (κ1) is 34.3. The molecule has 218 valence electrons. The third-order valence-electron chi connectivity index (χ3n) is 7.36. The van der Waals surface area contributed by atoms with Crippen molar-refractivity contribution in [2.75, 3.05) is 13.1 Å². The summed E-state index contributed by atoms with van der Waals surface area (Å²) in [5.41, 5.74) is 16.7. The molecule has 0 aromatic carbocycles. The van der Waals surface area contributed by atoms with Gasteiger partial charge in [0.15, 0.2) is 6.29 Å². The minimum absolute atomic E-state index is 0.282. The Labute approximate surface area is 231 Å². The molecular formula is C31H56N4O3. The zero-order valence-electron chi connectivity index (χ0n) is 24.5. The van der Waals surface area contributed by atoms with Crippen LogP contribution in [0.4, 0.5) is 0 Å². The van der Waals surface area contributed by atoms with Crippen LogP contribution in [0.2, 0.25) is 0 Å². The predicted molar refractivity (Wildman–Crippen MR) is 160 cm³/mol. The van der Waals surface area contributed by atoms with E-state index in [1.54, 1.807) is 13.1 Å². The number of aliphatic hydroxyl groups is 3. The van der Waals surface area contributed by atoms with Gasteiger partial charge < -0.3 is 36.7 Å². The predicted octanol–water partition coefficient (Wildman–Crippen LogP) is 5.13. The number of nitrogens with zero attached hydrogens (tertiary/aromatic N) is 1. The van der Waals surface area contributed by atoms with Gasteiger partial charge in [0.1, 0.15) is 0 Å². The van der Waals surface area contributed by atoms with Crippen LogP contribution >= 0.6 is 0 Å². The van der Waals surface area contributed by atoms with Crippen LogP contribution in [-0.4, -0.2) is 45.2 Å². The molecule has 3 atom stereocenters. The average molecular weight is 533 g/mol. The van der Waals surface area contributed by atoms with E-state index in [-0.39, 0.29) is 6.17 Å². The Kier molecular flexibility index (Phi) is 17.5. The number of aromatic nitrogens is 1. The number of aliphatic hydroxyl groups excluding tert-OH is 2. The molecule has 1 rings (SSSR count). The highest BCUT2D eigenvalue weighted by Crippen LogP contribution is 2.33. The molecule has 1 aromatic heterocycles. The minimum atomic E-state index is -1.59. The summed E-state index contributed by atoms with van der Waals surface area (Å²) in [5, 5.41) is 33.4. The Morgan fingerprint density at radius 2 is 1.87 bits per heavy atom. The van der Waals surface area contributed by atoms with Crippen molar-refractivity contribution in [3.8, 4) is 0 Å². The summed E-state index contributed by atoms with van der Waals surface area (Å²) in [6, 6.07) is 0. The maximum absolute atomic E-state index is 10.1. The molecule has 1 heterocycles. The van der Waals surface area contributed by atoms with E-state index in [1.807, 2.05) is 16.8 Å². The molecule has 0 aliphatic carbocycles. The highest BCUT2D eigenvalue weighted by Gasteiger charge is 2.19. The highest BCUT2D eigenvalue weighted by atomic mass is 16.5. The van der Waals surface area contributed by atoms with E-state index >= 15 is 0 Å². The van der Waals surface area contributed by atoms with Crippen molar-refractivity contribution in [2.24, 2.45) is 17.4 Å². The Balaban J connectivity index is 3.08. The molecule has 0 radical (unpaired) electrons. The normalized spacial score (nSPS) is 15.5. The first-order chi connectivity index (χ1) is 18.2. The van der Waals surface area contributed by atoms with E-state index in [4.69, 9.17) is 11.5 Å². The molecule has 0 spiro atoms. The van der Waals surface area contributed by atoms with Gasteiger partial charge in [-0.15, -0.1) is 6.58 Å². The topological polar surface area (TPSA) is 130 Å². The molecule has 8 N–H and O–H groups in total. The second-order valence-electron chi connectivity index (χ2n) is 10.7. The summed E-state index contributed by atoms with van der Waals surface area (Å²) < 4.78 is 1.83. The lowest BCUT2D eigenvalue weighted by Crippen LogP contribution is -2.43. The van der Waals surface area contributed by atoms with Crippen molar-refractivity contribution in [3.63, 3.8) is 0 Å². The van der Waals surface area contributed by atoms with Gasteiger partial charge in [0, 0.05) is 43.2 Å². The van der Waals surface area contributed by atoms with Crippen LogP contribution in [0, 0.1) is 5.92 Å². The molecule has 7 nitrogen and oxygen atoms in total. The fraction of sp³-hybridized carbons (Fsp3) is 0.677. The molecule has 7 heteroatoms. The van der Waals surface area contributed by atoms with Gasteiger partial charge in [-0.3, -0.25) is 0 Å². The Morgan fingerprint density at radius 3 is 2.45 bits per heavy atom. The molecule has 0 fully saturated rings. The number of nitrogens with two attached hydrogens (primary N) is 2. The average Bonchev–Trinajstić information content (AvgIpc) is 3.30. The van der Waals surface area contributed by atoms with Gasteiger partial charge in [-0.1, -0.05) is 56.4 Å². The molecule has 0 saturated carbocycles. The Bertz CT molecular complexity index is 857. The molecule has 3 unspecified atom stereocenters. The number of hydrogen-bond donors (Lipinski definition) is 6. The first-order valence-corrected chi connectivity index (χ1v) is 14.6. The zero-order chi connectivity index (χ0) is 28.5. The molecule has 38 heavy (non-hydrogen) atoms. The number of hydrogen-bond acceptors (Lipinski definition) is 6. The van der Waals surface area contributed by atoms with E-state index in [0.717, 1.165) is 42.7 Å². The van der Waals surface area contributed by atoms with Crippen LogP contribution in [0.15, 0.2) is 42.3 Å². The first-order valence-electron chi connectivity index (χ1n) is 14.6. The van der Waals surface area contributed by atoms with Crippen LogP contribution in [0.5, 0.6) is 0 Å². The molecule has 0 aliphatic rings. The minimum Gasteiger partial charge on any atom is -0.392 e. The summed E-state index contributed by atoms with van der Waals surface area (Å²) in [7, 11) is 0. The van der Waals surface area contributed by atoms with Crippen LogP contribution in [-0.2, 0) is 6.54 Å². The maximum atomic E-state index is 10.1. The van der Waals surface area contributed by atoms with Crippen LogP contribution < -0.4 is 16.8 Å². The van der Waals surface area contributed by atoms with Crippen LogP contribution in [0.3, 0.4) is 0 Å². The van der Waals surface area contributed by atoms with Crippen molar-refractivity contribution in [1.29, 1.82) is 0 Å². The van der Waals surface area contributed by atoms with Gasteiger partial charge in [-0.25, -0.2) is 0 Å². The van der Waals surface area contributed by atoms with Crippen molar-refractivity contribution in [2.45, 2.75) is 117 Å². The van der Waals surface area contributed by atoms with Crippen LogP contribution in [0.1, 0.15) is 109 Å². The Morgan fingerprint density at radius 1 is 1.13 bits per heavy atom. The Hall–Kier alpha value is -1.74. The molecular weight excluding hydrogens is 476 g/mol. The SMILES string of the molecule is C=CCCC(CC)CCCC/C(C)=C/C/C(CC)=C(/CCNC(N)CN)c1cn(CC(C)O)cc1C(O)O. The number of nitrogens with one attached hydrogen (secondary N) is 1. The third-order valence-corrected chi connectivity index (χ3v) is 7.36. The lowest BCUT2D eigenvalue weighted by molar-refractivity contribution is -0.0427. The third kappa shape index (κ3) is 12.9. The lowest BCUT2D eigenvalue weighted by atomic mass is 9.91.